The van der Waals surface area contributed by atoms with Gasteiger partial charge in [-0.05, 0) is 31.2 Å². The first-order chi connectivity index (χ1) is 12.0. The van der Waals surface area contributed by atoms with E-state index in [0.29, 0.717) is 24.7 Å². The number of aromatic nitrogens is 1. The highest BCUT2D eigenvalue weighted by atomic mass is 16.5. The van der Waals surface area contributed by atoms with Crippen LogP contribution < -0.4 is 10.1 Å². The molecule has 1 aromatic carbocycles. The van der Waals surface area contributed by atoms with Crippen molar-refractivity contribution in [3.8, 4) is 5.75 Å². The summed E-state index contributed by atoms with van der Waals surface area (Å²) in [7, 11) is 1.63. The van der Waals surface area contributed by atoms with Crippen LogP contribution in [0.25, 0.3) is 0 Å². The van der Waals surface area contributed by atoms with E-state index < -0.39 is 11.9 Å². The van der Waals surface area contributed by atoms with Crippen LogP contribution in [0, 0.1) is 6.92 Å². The number of carbonyl (C=O) groups excluding carboxylic acids is 1. The lowest BCUT2D eigenvalue weighted by atomic mass is 10.2. The van der Waals surface area contributed by atoms with Crippen molar-refractivity contribution < 1.29 is 24.2 Å². The van der Waals surface area contributed by atoms with E-state index >= 15 is 0 Å². The Kier molecular flexibility index (Phi) is 6.47. The molecule has 0 aliphatic carbocycles. The van der Waals surface area contributed by atoms with E-state index in [1.165, 1.54) is 12.1 Å². The smallest absolute Gasteiger partial charge is 0.337 e. The van der Waals surface area contributed by atoms with Gasteiger partial charge in [0.1, 0.15) is 11.4 Å². The lowest BCUT2D eigenvalue weighted by Gasteiger charge is -2.09. The molecule has 0 saturated heterocycles. The van der Waals surface area contributed by atoms with Gasteiger partial charge in [-0.3, -0.25) is 4.79 Å². The molecule has 0 aliphatic heterocycles. The molecule has 2 rings (SSSR count). The molecule has 0 spiro atoms. The van der Waals surface area contributed by atoms with Crippen molar-refractivity contribution in [3.63, 3.8) is 0 Å². The Balaban J connectivity index is 2.03. The number of hydrogen-bond donors (Lipinski definition) is 2. The van der Waals surface area contributed by atoms with Gasteiger partial charge in [0.25, 0.3) is 5.91 Å². The molecule has 0 aliphatic rings. The fourth-order valence-corrected chi connectivity index (χ4v) is 2.17. The van der Waals surface area contributed by atoms with Crippen molar-refractivity contribution in [2.24, 2.45) is 0 Å². The van der Waals surface area contributed by atoms with Crippen molar-refractivity contribution in [1.29, 1.82) is 0 Å². The number of hydrogen-bond acceptors (Lipinski definition) is 5. The number of amides is 1. The largest absolute Gasteiger partial charge is 0.493 e. The minimum absolute atomic E-state index is 0.0722. The van der Waals surface area contributed by atoms with E-state index in [-0.39, 0.29) is 17.0 Å². The number of carboxylic acid groups (broad SMARTS) is 1. The molecule has 0 radical (unpaired) electrons. The van der Waals surface area contributed by atoms with Crippen LogP contribution in [0.2, 0.25) is 0 Å². The van der Waals surface area contributed by atoms with Crippen LogP contribution in [0.1, 0.15) is 33.0 Å². The molecule has 25 heavy (non-hydrogen) atoms. The Hall–Kier alpha value is -2.93. The predicted molar refractivity (Wildman–Crippen MR) is 92.3 cm³/mol. The van der Waals surface area contributed by atoms with Crippen LogP contribution in [0.3, 0.4) is 0 Å². The number of aryl methyl sites for hydroxylation is 1. The summed E-state index contributed by atoms with van der Waals surface area (Å²) in [5.41, 5.74) is 1.07. The van der Waals surface area contributed by atoms with E-state index in [0.717, 1.165) is 6.42 Å². The monoisotopic (exact) mass is 344 g/mol. The summed E-state index contributed by atoms with van der Waals surface area (Å²) in [6, 6.07) is 9.77. The van der Waals surface area contributed by atoms with E-state index in [9.17, 15) is 9.59 Å². The third kappa shape index (κ3) is 5.29. The molecule has 0 saturated carbocycles. The molecule has 0 unspecified atom stereocenters. The van der Waals surface area contributed by atoms with Crippen molar-refractivity contribution in [2.75, 3.05) is 25.6 Å². The molecule has 7 heteroatoms. The first-order valence-electron chi connectivity index (χ1n) is 7.75. The Morgan fingerprint density at radius 1 is 1.20 bits per heavy atom. The third-order valence-electron chi connectivity index (χ3n) is 3.40. The number of pyridine rings is 1. The number of anilines is 1. The Morgan fingerprint density at radius 3 is 2.68 bits per heavy atom. The number of nitrogens with zero attached hydrogens (tertiary/aromatic N) is 1. The van der Waals surface area contributed by atoms with Crippen molar-refractivity contribution in [1.82, 2.24) is 4.98 Å². The van der Waals surface area contributed by atoms with Crippen LogP contribution in [0.5, 0.6) is 5.75 Å². The number of methoxy groups -OCH3 is 1. The highest BCUT2D eigenvalue weighted by molar-refractivity contribution is 6.03. The zero-order valence-corrected chi connectivity index (χ0v) is 14.1. The predicted octanol–water partition coefficient (Wildman–Crippen LogP) is 2.76. The first kappa shape index (κ1) is 18.4. The molecule has 0 bridgehead atoms. The van der Waals surface area contributed by atoms with Gasteiger partial charge in [-0.2, -0.15) is 0 Å². The number of carboxylic acids is 1. The van der Waals surface area contributed by atoms with Gasteiger partial charge in [-0.1, -0.05) is 6.07 Å². The quantitative estimate of drug-likeness (QED) is 0.715. The van der Waals surface area contributed by atoms with Crippen LogP contribution in [-0.2, 0) is 4.74 Å². The average Bonchev–Trinajstić information content (AvgIpc) is 2.58. The molecule has 0 fully saturated rings. The lowest BCUT2D eigenvalue weighted by molar-refractivity contribution is 0.0695. The van der Waals surface area contributed by atoms with Crippen molar-refractivity contribution in [3.05, 3.63) is 53.3 Å². The molecule has 1 heterocycles. The van der Waals surface area contributed by atoms with E-state index in [2.05, 4.69) is 10.3 Å². The van der Waals surface area contributed by atoms with Gasteiger partial charge in [-0.25, -0.2) is 9.78 Å². The van der Waals surface area contributed by atoms with Gasteiger partial charge in [0, 0.05) is 31.9 Å². The molecule has 2 aromatic rings. The van der Waals surface area contributed by atoms with E-state index in [1.54, 1.807) is 38.3 Å². The molecule has 7 nitrogen and oxygen atoms in total. The van der Waals surface area contributed by atoms with Gasteiger partial charge in [0.15, 0.2) is 0 Å². The lowest BCUT2D eigenvalue weighted by Crippen LogP contribution is -2.15. The number of ether oxygens (including phenoxy) is 2. The fourth-order valence-electron chi connectivity index (χ4n) is 2.17. The summed E-state index contributed by atoms with van der Waals surface area (Å²) < 4.78 is 10.5. The van der Waals surface area contributed by atoms with Gasteiger partial charge in [-0.15, -0.1) is 0 Å². The highest BCUT2D eigenvalue weighted by Crippen LogP contribution is 2.18. The van der Waals surface area contributed by atoms with Gasteiger partial charge >= 0.3 is 5.97 Å². The number of rotatable bonds is 8. The topological polar surface area (TPSA) is 97.8 Å². The molecule has 132 valence electrons. The number of nitrogens with one attached hydrogen (secondary N) is 1. The standard InChI is InChI=1S/C18H20N2O5/c1-12-15(18(22)23)7-8-16(19-12)17(21)20-13-5-3-6-14(11-13)25-10-4-9-24-2/h3,5-8,11H,4,9-10H2,1-2H3,(H,20,21)(H,22,23). The van der Waals surface area contributed by atoms with Gasteiger partial charge in [0.2, 0.25) is 0 Å². The maximum absolute atomic E-state index is 12.3. The van der Waals surface area contributed by atoms with Crippen LogP contribution in [-0.4, -0.2) is 42.3 Å². The molecule has 1 aromatic heterocycles. The summed E-state index contributed by atoms with van der Waals surface area (Å²) in [4.78, 5) is 27.3. The van der Waals surface area contributed by atoms with Gasteiger partial charge in [0.05, 0.1) is 17.9 Å². The third-order valence-corrected chi connectivity index (χ3v) is 3.40. The van der Waals surface area contributed by atoms with Crippen molar-refractivity contribution in [2.45, 2.75) is 13.3 Å². The first-order valence-corrected chi connectivity index (χ1v) is 7.75. The van der Waals surface area contributed by atoms with Crippen LogP contribution >= 0.6 is 0 Å². The van der Waals surface area contributed by atoms with Gasteiger partial charge < -0.3 is 19.9 Å². The summed E-state index contributed by atoms with van der Waals surface area (Å²) in [5.74, 6) is -0.855. The SMILES string of the molecule is COCCCOc1cccc(NC(=O)c2ccc(C(=O)O)c(C)n2)c1. The minimum atomic E-state index is -1.07. The zero-order valence-electron chi connectivity index (χ0n) is 14.1. The summed E-state index contributed by atoms with van der Waals surface area (Å²) in [5, 5.41) is 11.7. The second kappa shape index (κ2) is 8.79. The minimum Gasteiger partial charge on any atom is -0.493 e. The summed E-state index contributed by atoms with van der Waals surface area (Å²) in [6.45, 7) is 2.69. The normalized spacial score (nSPS) is 10.3. The number of benzene rings is 1. The average molecular weight is 344 g/mol. The molecular formula is C18H20N2O5. The fraction of sp³-hybridized carbons (Fsp3) is 0.278. The Bertz CT molecular complexity index is 761. The van der Waals surface area contributed by atoms with Crippen molar-refractivity contribution >= 4 is 17.6 Å². The van der Waals surface area contributed by atoms with E-state index in [4.69, 9.17) is 14.6 Å². The van der Waals surface area contributed by atoms with E-state index in [1.807, 2.05) is 0 Å². The Morgan fingerprint density at radius 2 is 2.00 bits per heavy atom. The molecule has 1 amide bonds. The second-order valence-electron chi connectivity index (χ2n) is 5.31. The Labute approximate surface area is 145 Å². The molecular weight excluding hydrogens is 324 g/mol. The second-order valence-corrected chi connectivity index (χ2v) is 5.31. The van der Waals surface area contributed by atoms with Crippen LogP contribution in [0.15, 0.2) is 36.4 Å². The summed E-state index contributed by atoms with van der Waals surface area (Å²) >= 11 is 0. The number of aromatic carboxylic acids is 1. The van der Waals surface area contributed by atoms with Crippen LogP contribution in [0.4, 0.5) is 5.69 Å². The molecule has 0 atom stereocenters. The maximum atomic E-state index is 12.3. The highest BCUT2D eigenvalue weighted by Gasteiger charge is 2.13. The number of carbonyl (C=O) groups is 2. The zero-order chi connectivity index (χ0) is 18.2. The molecule has 2 N–H and O–H groups in total. The maximum Gasteiger partial charge on any atom is 0.337 e. The summed E-state index contributed by atoms with van der Waals surface area (Å²) in [6.07, 6.45) is 0.770.